The second-order valence-electron chi connectivity index (χ2n) is 7.87. The monoisotopic (exact) mass is 401 g/mol. The summed E-state index contributed by atoms with van der Waals surface area (Å²) in [6, 6.07) is 6.35. The minimum absolute atomic E-state index is 0.344. The maximum Gasteiger partial charge on any atom is 0.222 e. The van der Waals surface area contributed by atoms with E-state index >= 15 is 0 Å². The summed E-state index contributed by atoms with van der Waals surface area (Å²) >= 11 is 0. The van der Waals surface area contributed by atoms with Crippen molar-refractivity contribution in [1.82, 2.24) is 14.5 Å². The number of hydrogen-bond acceptors (Lipinski definition) is 3. The fourth-order valence-electron chi connectivity index (χ4n) is 3.62. The lowest BCUT2D eigenvalue weighted by Gasteiger charge is -2.13. The number of aryl methyl sites for hydroxylation is 2. The van der Waals surface area contributed by atoms with Gasteiger partial charge in [0.15, 0.2) is 0 Å². The molecule has 3 aromatic rings. The molecule has 30 heavy (non-hydrogen) atoms. The summed E-state index contributed by atoms with van der Waals surface area (Å²) in [7, 11) is 1.67. The van der Waals surface area contributed by atoms with Crippen molar-refractivity contribution in [1.29, 1.82) is 0 Å². The number of rotatable bonds is 7. The van der Waals surface area contributed by atoms with Crippen molar-refractivity contribution in [3.8, 4) is 17.1 Å². The second kappa shape index (κ2) is 9.12. The molecule has 3 rings (SSSR count). The number of pyridine rings is 2. The molecule has 0 aliphatic rings. The molecule has 0 aromatic carbocycles. The van der Waals surface area contributed by atoms with Crippen molar-refractivity contribution in [3.63, 3.8) is 0 Å². The molecule has 0 fully saturated rings. The highest BCUT2D eigenvalue weighted by molar-refractivity contribution is 5.85. The van der Waals surface area contributed by atoms with Crippen LogP contribution in [-0.2, 0) is 6.54 Å². The van der Waals surface area contributed by atoms with Crippen LogP contribution < -0.4 is 4.74 Å². The zero-order chi connectivity index (χ0) is 21.8. The van der Waals surface area contributed by atoms with Crippen molar-refractivity contribution in [2.75, 3.05) is 7.11 Å². The van der Waals surface area contributed by atoms with Crippen LogP contribution in [0.2, 0.25) is 0 Å². The van der Waals surface area contributed by atoms with Crippen LogP contribution in [0.1, 0.15) is 43.5 Å². The first-order valence-electron chi connectivity index (χ1n) is 10.4. The molecule has 0 saturated heterocycles. The molecule has 0 spiro atoms. The molecule has 0 amide bonds. The van der Waals surface area contributed by atoms with Gasteiger partial charge in [-0.25, -0.2) is 9.97 Å². The molecule has 4 heteroatoms. The lowest BCUT2D eigenvalue weighted by Crippen LogP contribution is -2.01. The zero-order valence-electron chi connectivity index (χ0n) is 18.9. The molecule has 0 aliphatic carbocycles. The van der Waals surface area contributed by atoms with Gasteiger partial charge in [-0.3, -0.25) is 0 Å². The van der Waals surface area contributed by atoms with Crippen LogP contribution >= 0.6 is 0 Å². The second-order valence-corrected chi connectivity index (χ2v) is 7.87. The Balaban J connectivity index is 2.11. The van der Waals surface area contributed by atoms with E-state index in [0.29, 0.717) is 11.8 Å². The summed E-state index contributed by atoms with van der Waals surface area (Å²) < 4.78 is 7.88. The molecule has 0 radical (unpaired) electrons. The molecule has 4 nitrogen and oxygen atoms in total. The van der Waals surface area contributed by atoms with E-state index in [1.807, 2.05) is 6.08 Å². The van der Waals surface area contributed by atoms with Crippen LogP contribution in [0.5, 0.6) is 5.88 Å². The van der Waals surface area contributed by atoms with Gasteiger partial charge in [0.1, 0.15) is 0 Å². The van der Waals surface area contributed by atoms with Gasteiger partial charge in [0.25, 0.3) is 0 Å². The third-order valence-electron chi connectivity index (χ3n) is 5.32. The Morgan fingerprint density at radius 2 is 1.97 bits per heavy atom. The highest BCUT2D eigenvalue weighted by Crippen LogP contribution is 2.33. The van der Waals surface area contributed by atoms with Crippen LogP contribution in [0.3, 0.4) is 0 Å². The van der Waals surface area contributed by atoms with Gasteiger partial charge in [0.2, 0.25) is 5.88 Å². The highest BCUT2D eigenvalue weighted by atomic mass is 16.5. The minimum atomic E-state index is 0.344. The van der Waals surface area contributed by atoms with E-state index in [4.69, 9.17) is 14.7 Å². The average molecular weight is 402 g/mol. The van der Waals surface area contributed by atoms with Gasteiger partial charge < -0.3 is 9.30 Å². The first-order chi connectivity index (χ1) is 14.4. The molecule has 0 unspecified atom stereocenters. The Labute approximate surface area is 179 Å². The molecule has 0 saturated carbocycles. The summed E-state index contributed by atoms with van der Waals surface area (Å²) in [5.41, 5.74) is 8.48. The van der Waals surface area contributed by atoms with Crippen LogP contribution in [-0.4, -0.2) is 21.6 Å². The van der Waals surface area contributed by atoms with Crippen molar-refractivity contribution in [2.45, 2.75) is 47.1 Å². The summed E-state index contributed by atoms with van der Waals surface area (Å²) in [6.45, 7) is 15.1. The Kier molecular flexibility index (Phi) is 6.56. The van der Waals surface area contributed by atoms with Crippen molar-refractivity contribution < 1.29 is 4.74 Å². The molecular formula is C26H31N3O. The van der Waals surface area contributed by atoms with E-state index in [-0.39, 0.29) is 0 Å². The third-order valence-corrected chi connectivity index (χ3v) is 5.32. The normalized spacial score (nSPS) is 12.3. The smallest absolute Gasteiger partial charge is 0.222 e. The Bertz CT molecular complexity index is 1130. The number of ether oxygens (including phenoxy) is 1. The molecule has 156 valence electrons. The summed E-state index contributed by atoms with van der Waals surface area (Å²) in [5, 5.41) is 0. The Morgan fingerprint density at radius 1 is 1.20 bits per heavy atom. The number of fused-ring (bicyclic) bond motifs is 1. The molecule has 0 bridgehead atoms. The number of hydrogen-bond donors (Lipinski definition) is 0. The summed E-state index contributed by atoms with van der Waals surface area (Å²) in [4.78, 5) is 9.75. The minimum Gasteiger partial charge on any atom is -0.480 e. The molecule has 0 N–H and O–H groups in total. The van der Waals surface area contributed by atoms with Crippen molar-refractivity contribution in [2.24, 2.45) is 0 Å². The Hall–Kier alpha value is -3.14. The van der Waals surface area contributed by atoms with Crippen LogP contribution in [0.4, 0.5) is 0 Å². The summed E-state index contributed by atoms with van der Waals surface area (Å²) in [6.07, 6.45) is 10.2. The van der Waals surface area contributed by atoms with E-state index in [2.05, 4.69) is 82.3 Å². The number of nitrogens with zero attached hydrogens (tertiary/aromatic N) is 3. The van der Waals surface area contributed by atoms with Gasteiger partial charge in [-0.2, -0.15) is 0 Å². The van der Waals surface area contributed by atoms with Gasteiger partial charge in [0.05, 0.1) is 29.4 Å². The lowest BCUT2D eigenvalue weighted by atomic mass is 10.0. The lowest BCUT2D eigenvalue weighted by molar-refractivity contribution is 0.397. The number of methoxy groups -OCH3 is 1. The average Bonchev–Trinajstić information content (AvgIpc) is 3.04. The fraction of sp³-hybridized carbons (Fsp3) is 0.308. The van der Waals surface area contributed by atoms with Gasteiger partial charge in [-0.1, -0.05) is 44.7 Å². The van der Waals surface area contributed by atoms with Gasteiger partial charge in [-0.05, 0) is 61.6 Å². The van der Waals surface area contributed by atoms with Crippen LogP contribution in [0, 0.1) is 13.8 Å². The molecular weight excluding hydrogens is 370 g/mol. The maximum absolute atomic E-state index is 5.62. The third kappa shape index (κ3) is 4.23. The predicted molar refractivity (Wildman–Crippen MR) is 126 cm³/mol. The largest absolute Gasteiger partial charge is 0.480 e. The zero-order valence-corrected chi connectivity index (χ0v) is 18.9. The topological polar surface area (TPSA) is 39.9 Å². The Morgan fingerprint density at radius 3 is 2.60 bits per heavy atom. The van der Waals surface area contributed by atoms with Crippen molar-refractivity contribution >= 4 is 11.0 Å². The van der Waals surface area contributed by atoms with E-state index in [1.165, 1.54) is 5.57 Å². The molecule has 0 aliphatic heterocycles. The highest BCUT2D eigenvalue weighted by Gasteiger charge is 2.17. The van der Waals surface area contributed by atoms with Gasteiger partial charge in [-0.15, -0.1) is 0 Å². The van der Waals surface area contributed by atoms with Crippen LogP contribution in [0.25, 0.3) is 22.3 Å². The SMILES string of the molecule is C=C/C=C\C(=C\C)Cn1cc(C)c2nc(-c3ccc(C(C)C)nc3OC)c(C)cc21. The fourth-order valence-corrected chi connectivity index (χ4v) is 3.62. The first kappa shape index (κ1) is 21.6. The van der Waals surface area contributed by atoms with Crippen LogP contribution in [0.15, 0.2) is 60.9 Å². The van der Waals surface area contributed by atoms with E-state index in [1.54, 1.807) is 13.2 Å². The van der Waals surface area contributed by atoms with E-state index in [0.717, 1.165) is 45.7 Å². The molecule has 3 heterocycles. The van der Waals surface area contributed by atoms with E-state index < -0.39 is 0 Å². The standard InChI is InChI=1S/C26H31N3O/c1-8-10-11-20(9-2)16-29-15-19(6)25-23(29)14-18(5)24(28-25)21-12-13-22(17(3)4)27-26(21)30-7/h8-15,17H,1,16H2,2-7H3/b11-10-,20-9-. The van der Waals surface area contributed by atoms with Gasteiger partial charge in [0, 0.05) is 18.4 Å². The predicted octanol–water partition coefficient (Wildman–Crippen LogP) is 6.54. The number of allylic oxidation sites excluding steroid dienone is 5. The van der Waals surface area contributed by atoms with Crippen molar-refractivity contribution in [3.05, 3.63) is 77.7 Å². The quantitative estimate of drug-likeness (QED) is 0.422. The van der Waals surface area contributed by atoms with E-state index in [9.17, 15) is 0 Å². The number of aromatic nitrogens is 3. The maximum atomic E-state index is 5.62. The summed E-state index contributed by atoms with van der Waals surface area (Å²) in [5.74, 6) is 0.968. The van der Waals surface area contributed by atoms with Gasteiger partial charge >= 0.3 is 0 Å². The molecule has 3 aromatic heterocycles. The first-order valence-corrected chi connectivity index (χ1v) is 10.4. The molecule has 0 atom stereocenters.